The third kappa shape index (κ3) is 2.04. The molecule has 3 atom stereocenters. The Morgan fingerprint density at radius 2 is 1.90 bits per heavy atom. The van der Waals surface area contributed by atoms with Crippen molar-refractivity contribution in [2.75, 3.05) is 6.54 Å². The van der Waals surface area contributed by atoms with Gasteiger partial charge in [-0.25, -0.2) is 4.79 Å². The molecule has 0 amide bonds. The van der Waals surface area contributed by atoms with E-state index in [0.717, 1.165) is 31.4 Å². The molecule has 0 aromatic heterocycles. The molecule has 3 heterocycles. The van der Waals surface area contributed by atoms with E-state index >= 15 is 0 Å². The van der Waals surface area contributed by atoms with Gasteiger partial charge in [-0.15, -0.1) is 0 Å². The van der Waals surface area contributed by atoms with Crippen molar-refractivity contribution in [3.8, 4) is 11.1 Å². The molecule has 2 aromatic rings. The van der Waals surface area contributed by atoms with E-state index in [1.807, 2.05) is 0 Å². The van der Waals surface area contributed by atoms with E-state index in [1.165, 1.54) is 46.2 Å². The van der Waals surface area contributed by atoms with Gasteiger partial charge in [-0.1, -0.05) is 42.8 Å². The van der Waals surface area contributed by atoms with Crippen molar-refractivity contribution in [2.45, 2.75) is 49.8 Å². The first-order chi connectivity index (χ1) is 14.2. The molecule has 0 radical (unpaired) electrons. The van der Waals surface area contributed by atoms with Crippen LogP contribution in [0.3, 0.4) is 0 Å². The van der Waals surface area contributed by atoms with Gasteiger partial charge in [0.2, 0.25) is 0 Å². The third-order valence-corrected chi connectivity index (χ3v) is 7.83. The lowest BCUT2D eigenvalue weighted by molar-refractivity contribution is -0.148. The summed E-state index contributed by atoms with van der Waals surface area (Å²) >= 11 is 0. The largest absolute Gasteiger partial charge is 0.449 e. The molecule has 2 fully saturated rings. The summed E-state index contributed by atoms with van der Waals surface area (Å²) in [6, 6.07) is 16.4. The molecule has 2 bridgehead atoms. The monoisotopic (exact) mass is 381 g/mol. The lowest BCUT2D eigenvalue weighted by Gasteiger charge is -2.37. The summed E-state index contributed by atoms with van der Waals surface area (Å²) in [5.41, 5.74) is 8.95. The predicted octanol–water partition coefficient (Wildman–Crippen LogP) is 4.50. The topological polar surface area (TPSA) is 29.5 Å². The van der Waals surface area contributed by atoms with Crippen molar-refractivity contribution in [3.05, 3.63) is 76.9 Å². The van der Waals surface area contributed by atoms with Gasteiger partial charge in [0.25, 0.3) is 0 Å². The zero-order valence-corrected chi connectivity index (χ0v) is 16.4. The van der Waals surface area contributed by atoms with Gasteiger partial charge in [0.15, 0.2) is 5.60 Å². The first kappa shape index (κ1) is 16.2. The Morgan fingerprint density at radius 3 is 2.86 bits per heavy atom. The van der Waals surface area contributed by atoms with E-state index in [0.29, 0.717) is 12.1 Å². The molecule has 0 unspecified atom stereocenters. The Kier molecular flexibility index (Phi) is 3.06. The average molecular weight is 381 g/mol. The maximum Gasteiger partial charge on any atom is 0.332 e. The molecular formula is C26H23NO2. The van der Waals surface area contributed by atoms with Gasteiger partial charge < -0.3 is 4.74 Å². The van der Waals surface area contributed by atoms with E-state index in [2.05, 4.69) is 53.4 Å². The van der Waals surface area contributed by atoms with Gasteiger partial charge in [0.1, 0.15) is 0 Å². The van der Waals surface area contributed by atoms with E-state index in [4.69, 9.17) is 4.74 Å². The number of fused-ring (bicyclic) bond motifs is 6. The Morgan fingerprint density at radius 1 is 1.00 bits per heavy atom. The molecule has 2 aromatic carbocycles. The van der Waals surface area contributed by atoms with Gasteiger partial charge in [0, 0.05) is 24.1 Å². The highest BCUT2D eigenvalue weighted by Gasteiger charge is 2.61. The average Bonchev–Trinajstić information content (AvgIpc) is 3.37. The number of ether oxygens (including phenoxy) is 1. The summed E-state index contributed by atoms with van der Waals surface area (Å²) in [5, 5.41) is 0. The summed E-state index contributed by atoms with van der Waals surface area (Å²) in [6.07, 6.45) is 9.55. The third-order valence-electron chi connectivity index (χ3n) is 7.83. The first-order valence-electron chi connectivity index (χ1n) is 10.9. The summed E-state index contributed by atoms with van der Waals surface area (Å²) in [6.45, 7) is 1.10. The minimum Gasteiger partial charge on any atom is -0.449 e. The standard InChI is InChI=1S/C26H23NO2/c28-25-14-19-13-22(23-15-26(19,29-25)24-7-3-4-10-27(23)24)18-9-8-17-11-16-5-1-2-6-20(16)21(17)12-18/h1-2,5-6,8-9,12-14,23-24H,3-4,7,10-11,15H2/t23-,24+,26-/m0/s1. The summed E-state index contributed by atoms with van der Waals surface area (Å²) in [7, 11) is 0. The van der Waals surface area contributed by atoms with Crippen molar-refractivity contribution < 1.29 is 9.53 Å². The summed E-state index contributed by atoms with van der Waals surface area (Å²) in [5.74, 6) is -0.161. The van der Waals surface area contributed by atoms with Crippen LogP contribution in [0, 0.1) is 0 Å². The van der Waals surface area contributed by atoms with Gasteiger partial charge in [0.05, 0.1) is 6.04 Å². The molecule has 0 N–H and O–H groups in total. The number of hydrogen-bond acceptors (Lipinski definition) is 3. The van der Waals surface area contributed by atoms with Gasteiger partial charge in [-0.3, -0.25) is 4.90 Å². The minimum absolute atomic E-state index is 0.161. The van der Waals surface area contributed by atoms with Crippen LogP contribution in [0.2, 0.25) is 0 Å². The highest BCUT2D eigenvalue weighted by atomic mass is 16.6. The number of rotatable bonds is 1. The molecule has 0 saturated carbocycles. The summed E-state index contributed by atoms with van der Waals surface area (Å²) < 4.78 is 6.00. The number of hydrogen-bond donors (Lipinski definition) is 0. The maximum absolute atomic E-state index is 12.3. The molecular weight excluding hydrogens is 358 g/mol. The number of carbonyl (C=O) groups is 1. The fourth-order valence-corrected chi connectivity index (χ4v) is 6.60. The maximum atomic E-state index is 12.3. The lowest BCUT2D eigenvalue weighted by Crippen LogP contribution is -2.48. The second kappa shape index (κ2) is 5.48. The van der Waals surface area contributed by atoms with Gasteiger partial charge in [-0.05, 0) is 71.3 Å². The van der Waals surface area contributed by atoms with Crippen LogP contribution in [0.4, 0.5) is 0 Å². The van der Waals surface area contributed by atoms with Crippen LogP contribution in [-0.2, 0) is 16.0 Å². The van der Waals surface area contributed by atoms with Crippen LogP contribution in [0.15, 0.2) is 60.2 Å². The molecule has 1 spiro atoms. The molecule has 5 aliphatic rings. The van der Waals surface area contributed by atoms with E-state index in [-0.39, 0.29) is 5.97 Å². The van der Waals surface area contributed by atoms with E-state index in [1.54, 1.807) is 6.08 Å². The van der Waals surface area contributed by atoms with Crippen molar-refractivity contribution >= 4 is 11.5 Å². The Labute approximate surface area is 170 Å². The molecule has 2 saturated heterocycles. The van der Waals surface area contributed by atoms with Crippen molar-refractivity contribution in [3.63, 3.8) is 0 Å². The van der Waals surface area contributed by atoms with Gasteiger partial charge in [-0.2, -0.15) is 0 Å². The normalized spacial score (nSPS) is 31.4. The molecule has 29 heavy (non-hydrogen) atoms. The second-order valence-corrected chi connectivity index (χ2v) is 9.19. The van der Waals surface area contributed by atoms with Crippen LogP contribution >= 0.6 is 0 Å². The van der Waals surface area contributed by atoms with E-state index in [9.17, 15) is 4.79 Å². The molecule has 3 nitrogen and oxygen atoms in total. The fourth-order valence-electron chi connectivity index (χ4n) is 6.60. The molecule has 3 aliphatic heterocycles. The quantitative estimate of drug-likeness (QED) is 0.581. The Balaban J connectivity index is 1.38. The zero-order valence-electron chi connectivity index (χ0n) is 16.4. The van der Waals surface area contributed by atoms with Crippen LogP contribution in [0.1, 0.15) is 42.4 Å². The molecule has 144 valence electrons. The summed E-state index contributed by atoms with van der Waals surface area (Å²) in [4.78, 5) is 14.9. The molecule has 7 rings (SSSR count). The Bertz CT molecular complexity index is 1140. The van der Waals surface area contributed by atoms with Crippen molar-refractivity contribution in [2.24, 2.45) is 0 Å². The minimum atomic E-state index is -0.394. The van der Waals surface area contributed by atoms with Crippen LogP contribution in [0.5, 0.6) is 0 Å². The lowest BCUT2D eigenvalue weighted by atomic mass is 9.77. The van der Waals surface area contributed by atoms with Crippen LogP contribution in [0.25, 0.3) is 16.7 Å². The highest BCUT2D eigenvalue weighted by Crippen LogP contribution is 2.55. The second-order valence-electron chi connectivity index (χ2n) is 9.19. The number of carbonyl (C=O) groups excluding carboxylic acids is 1. The Hall–Kier alpha value is -2.65. The highest BCUT2D eigenvalue weighted by molar-refractivity contribution is 5.92. The number of nitrogens with zero attached hydrogens (tertiary/aromatic N) is 1. The van der Waals surface area contributed by atoms with Crippen molar-refractivity contribution in [1.82, 2.24) is 4.90 Å². The smallest absolute Gasteiger partial charge is 0.332 e. The predicted molar refractivity (Wildman–Crippen MR) is 112 cm³/mol. The number of benzene rings is 2. The fraction of sp³-hybridized carbons (Fsp3) is 0.346. The van der Waals surface area contributed by atoms with Crippen LogP contribution in [-0.4, -0.2) is 35.1 Å². The SMILES string of the molecule is O=C1C=C2C=C(c3ccc4c(c3)-c3ccccc3C4)[C@@H]3C[C@@]2(O1)[C@H]1CCCCN31. The van der Waals surface area contributed by atoms with Gasteiger partial charge >= 0.3 is 5.97 Å². The zero-order chi connectivity index (χ0) is 19.2. The van der Waals surface area contributed by atoms with Crippen LogP contribution < -0.4 is 0 Å². The van der Waals surface area contributed by atoms with E-state index < -0.39 is 5.60 Å². The first-order valence-corrected chi connectivity index (χ1v) is 10.9. The number of piperidine rings is 1. The van der Waals surface area contributed by atoms with Crippen molar-refractivity contribution in [1.29, 1.82) is 0 Å². The molecule has 3 heteroatoms. The number of esters is 1. The molecule has 2 aliphatic carbocycles.